The number of carbonyl (C=O) groups is 2. The summed E-state index contributed by atoms with van der Waals surface area (Å²) in [5.74, 6) is -0.252. The number of ketones is 1. The highest BCUT2D eigenvalue weighted by Crippen LogP contribution is 2.59. The first kappa shape index (κ1) is 13.5. The van der Waals surface area contributed by atoms with Crippen LogP contribution >= 0.6 is 11.6 Å². The van der Waals surface area contributed by atoms with Crippen LogP contribution in [-0.2, 0) is 10.4 Å². The predicted molar refractivity (Wildman–Crippen MR) is 84.2 cm³/mol. The zero-order valence-corrected chi connectivity index (χ0v) is 13.0. The molecule has 110 valence electrons. The Labute approximate surface area is 133 Å². The average Bonchev–Trinajstić information content (AvgIpc) is 2.74. The largest absolute Gasteiger partial charge is 0.330 e. The zero-order valence-electron chi connectivity index (χ0n) is 12.3. The molecule has 0 bridgehead atoms. The molecule has 22 heavy (non-hydrogen) atoms. The minimum atomic E-state index is -1.28. The van der Waals surface area contributed by atoms with Gasteiger partial charge in [-0.1, -0.05) is 42.5 Å². The van der Waals surface area contributed by atoms with Gasteiger partial charge in [-0.05, 0) is 24.1 Å². The molecule has 1 aliphatic heterocycles. The molecule has 2 atom stereocenters. The molecule has 1 aliphatic carbocycles. The Kier molecular flexibility index (Phi) is 2.45. The summed E-state index contributed by atoms with van der Waals surface area (Å²) in [5, 5.41) is 0. The lowest BCUT2D eigenvalue weighted by Gasteiger charge is -2.49. The summed E-state index contributed by atoms with van der Waals surface area (Å²) in [7, 11) is 1.71. The lowest BCUT2D eigenvalue weighted by Crippen LogP contribution is -2.59. The van der Waals surface area contributed by atoms with E-state index in [1.807, 2.05) is 31.2 Å². The molecule has 2 unspecified atom stereocenters. The van der Waals surface area contributed by atoms with Crippen LogP contribution in [0.25, 0.3) is 0 Å². The molecule has 0 saturated carbocycles. The van der Waals surface area contributed by atoms with Crippen molar-refractivity contribution in [1.29, 1.82) is 0 Å². The summed E-state index contributed by atoms with van der Waals surface area (Å²) < 4.78 is 0. The van der Waals surface area contributed by atoms with Gasteiger partial charge in [-0.3, -0.25) is 9.59 Å². The van der Waals surface area contributed by atoms with Crippen molar-refractivity contribution in [2.24, 2.45) is 0 Å². The van der Waals surface area contributed by atoms with Gasteiger partial charge in [0, 0.05) is 18.2 Å². The van der Waals surface area contributed by atoms with Gasteiger partial charge in [-0.2, -0.15) is 0 Å². The van der Waals surface area contributed by atoms with Crippen molar-refractivity contribution in [3.63, 3.8) is 0 Å². The number of amides is 1. The number of halogens is 1. The van der Waals surface area contributed by atoms with E-state index in [0.29, 0.717) is 16.7 Å². The van der Waals surface area contributed by atoms with E-state index < -0.39 is 10.4 Å². The maximum absolute atomic E-state index is 13.1. The number of fused-ring (bicyclic) bond motifs is 5. The van der Waals surface area contributed by atoms with Gasteiger partial charge in [0.25, 0.3) is 5.91 Å². The van der Waals surface area contributed by atoms with Crippen molar-refractivity contribution in [2.75, 3.05) is 7.05 Å². The van der Waals surface area contributed by atoms with E-state index in [2.05, 4.69) is 0 Å². The monoisotopic (exact) mass is 311 g/mol. The third kappa shape index (κ3) is 1.21. The smallest absolute Gasteiger partial charge is 0.254 e. The van der Waals surface area contributed by atoms with Crippen LogP contribution in [0.2, 0.25) is 0 Å². The second kappa shape index (κ2) is 3.99. The Bertz CT molecular complexity index is 846. The predicted octanol–water partition coefficient (Wildman–Crippen LogP) is 3.32. The van der Waals surface area contributed by atoms with Crippen LogP contribution in [0.15, 0.2) is 48.5 Å². The number of alkyl halides is 1. The normalized spacial score (nSPS) is 29.1. The van der Waals surface area contributed by atoms with E-state index >= 15 is 0 Å². The molecule has 0 saturated heterocycles. The van der Waals surface area contributed by atoms with E-state index in [1.54, 1.807) is 36.2 Å². The minimum absolute atomic E-state index is 0.112. The third-order valence-electron chi connectivity index (χ3n) is 5.18. The molecule has 0 radical (unpaired) electrons. The fourth-order valence-electron chi connectivity index (χ4n) is 3.85. The molecule has 4 rings (SSSR count). The molecule has 4 heteroatoms. The SMILES string of the molecule is CN1C(=O)c2ccccc2C2(Cl)C(=O)c3ccccc3C12C. The first-order valence-corrected chi connectivity index (χ1v) is 7.52. The van der Waals surface area contributed by atoms with Gasteiger partial charge in [-0.25, -0.2) is 0 Å². The highest BCUT2D eigenvalue weighted by atomic mass is 35.5. The molecule has 1 amide bonds. The van der Waals surface area contributed by atoms with Crippen molar-refractivity contribution in [1.82, 2.24) is 4.90 Å². The number of likely N-dealkylation sites (N-methyl/N-ethyl adjacent to an activating group) is 1. The number of nitrogens with zero attached hydrogens (tertiary/aromatic N) is 1. The highest BCUT2D eigenvalue weighted by molar-refractivity contribution is 6.42. The maximum atomic E-state index is 13.1. The van der Waals surface area contributed by atoms with E-state index in [1.165, 1.54) is 0 Å². The van der Waals surface area contributed by atoms with Crippen molar-refractivity contribution in [2.45, 2.75) is 17.3 Å². The molecule has 0 aromatic heterocycles. The summed E-state index contributed by atoms with van der Waals surface area (Å²) in [6.45, 7) is 1.87. The van der Waals surface area contributed by atoms with Gasteiger partial charge in [0.05, 0.1) is 5.54 Å². The van der Waals surface area contributed by atoms with Crippen LogP contribution in [0.1, 0.15) is 38.8 Å². The standard InChI is InChI=1S/C18H14ClNO2/c1-17-13-9-5-3-7-11(13)15(21)18(17,19)14-10-6-4-8-12(14)16(22)20(17)2/h3-10H,1-2H3. The molecule has 2 aromatic rings. The second-order valence-corrected chi connectivity index (χ2v) is 6.58. The van der Waals surface area contributed by atoms with Gasteiger partial charge in [0.2, 0.25) is 0 Å². The molecule has 0 spiro atoms. The minimum Gasteiger partial charge on any atom is -0.330 e. The second-order valence-electron chi connectivity index (χ2n) is 6.02. The van der Waals surface area contributed by atoms with Crippen LogP contribution < -0.4 is 0 Å². The van der Waals surface area contributed by atoms with Gasteiger partial charge in [-0.15, -0.1) is 11.6 Å². The fraction of sp³-hybridized carbons (Fsp3) is 0.222. The van der Waals surface area contributed by atoms with Gasteiger partial charge >= 0.3 is 0 Å². The molecular weight excluding hydrogens is 298 g/mol. The van der Waals surface area contributed by atoms with Crippen LogP contribution in [0, 0.1) is 0 Å². The van der Waals surface area contributed by atoms with Crippen molar-refractivity contribution >= 4 is 23.3 Å². The molecule has 0 fully saturated rings. The van der Waals surface area contributed by atoms with Gasteiger partial charge in [0.15, 0.2) is 10.7 Å². The molecule has 3 nitrogen and oxygen atoms in total. The number of hydrogen-bond donors (Lipinski definition) is 0. The van der Waals surface area contributed by atoms with Crippen molar-refractivity contribution in [3.05, 3.63) is 70.8 Å². The Hall–Kier alpha value is -2.13. The summed E-state index contributed by atoms with van der Waals surface area (Å²) in [6.07, 6.45) is 0. The number of hydrogen-bond acceptors (Lipinski definition) is 2. The van der Waals surface area contributed by atoms with Gasteiger partial charge in [0.1, 0.15) is 0 Å². The van der Waals surface area contributed by atoms with E-state index in [0.717, 1.165) is 5.56 Å². The van der Waals surface area contributed by atoms with E-state index in [-0.39, 0.29) is 11.7 Å². The molecule has 1 heterocycles. The average molecular weight is 312 g/mol. The van der Waals surface area contributed by atoms with E-state index in [9.17, 15) is 9.59 Å². The van der Waals surface area contributed by atoms with Crippen molar-refractivity contribution < 1.29 is 9.59 Å². The number of benzene rings is 2. The Balaban J connectivity index is 2.15. The molecule has 2 aromatic carbocycles. The Morgan fingerprint density at radius 3 is 2.14 bits per heavy atom. The maximum Gasteiger partial charge on any atom is 0.254 e. The molecular formula is C18H14ClNO2. The molecule has 2 aliphatic rings. The Morgan fingerprint density at radius 2 is 1.45 bits per heavy atom. The zero-order chi connectivity index (χ0) is 15.7. The lowest BCUT2D eigenvalue weighted by atomic mass is 9.73. The van der Waals surface area contributed by atoms with Gasteiger partial charge < -0.3 is 4.90 Å². The quantitative estimate of drug-likeness (QED) is 0.700. The Morgan fingerprint density at radius 1 is 0.909 bits per heavy atom. The number of Topliss-reactive ketones (excluding diaryl/α,β-unsaturated/α-hetero) is 1. The molecule has 0 N–H and O–H groups in total. The third-order valence-corrected chi connectivity index (χ3v) is 5.93. The van der Waals surface area contributed by atoms with Crippen LogP contribution in [0.5, 0.6) is 0 Å². The topological polar surface area (TPSA) is 37.4 Å². The lowest BCUT2D eigenvalue weighted by molar-refractivity contribution is 0.0424. The van der Waals surface area contributed by atoms with Crippen LogP contribution in [-0.4, -0.2) is 23.6 Å². The first-order chi connectivity index (χ1) is 10.4. The van der Waals surface area contributed by atoms with Crippen LogP contribution in [0.4, 0.5) is 0 Å². The highest BCUT2D eigenvalue weighted by Gasteiger charge is 2.66. The van der Waals surface area contributed by atoms with Crippen LogP contribution in [0.3, 0.4) is 0 Å². The van der Waals surface area contributed by atoms with Crippen molar-refractivity contribution in [3.8, 4) is 0 Å². The summed E-state index contributed by atoms with van der Waals surface area (Å²) in [6, 6.07) is 14.5. The first-order valence-electron chi connectivity index (χ1n) is 7.15. The van der Waals surface area contributed by atoms with E-state index in [4.69, 9.17) is 11.6 Å². The fourth-order valence-corrected chi connectivity index (χ4v) is 4.34. The summed E-state index contributed by atoms with van der Waals surface area (Å²) in [5.41, 5.74) is 1.60. The number of rotatable bonds is 0. The number of carbonyl (C=O) groups excluding carboxylic acids is 2. The summed E-state index contributed by atoms with van der Waals surface area (Å²) in [4.78, 5) is 26.2. The summed E-state index contributed by atoms with van der Waals surface area (Å²) >= 11 is 6.98.